The van der Waals surface area contributed by atoms with Crippen LogP contribution in [0, 0.1) is 0 Å². The number of alkyl halides is 2. The van der Waals surface area contributed by atoms with Gasteiger partial charge in [-0.25, -0.2) is 0 Å². The van der Waals surface area contributed by atoms with Crippen LogP contribution in [-0.2, 0) is 4.79 Å². The zero-order chi connectivity index (χ0) is 7.44. The van der Waals surface area contributed by atoms with Gasteiger partial charge in [-0.15, -0.1) is 23.2 Å². The van der Waals surface area contributed by atoms with Crippen molar-refractivity contribution in [3.05, 3.63) is 0 Å². The maximum absolute atomic E-state index is 10.1. The van der Waals surface area contributed by atoms with E-state index in [0.29, 0.717) is 6.42 Å². The van der Waals surface area contributed by atoms with Gasteiger partial charge in [-0.1, -0.05) is 6.92 Å². The van der Waals surface area contributed by atoms with Crippen LogP contribution in [0.2, 0.25) is 0 Å². The average Bonchev–Trinajstić information content (AvgIpc) is 1.84. The molecule has 0 aromatic rings. The minimum absolute atomic E-state index is 0.468. The highest BCUT2D eigenvalue weighted by Gasteiger charge is 2.21. The monoisotopic (exact) mass is 170 g/mol. The predicted molar refractivity (Wildman–Crippen MR) is 37.2 cm³/mol. The summed E-state index contributed by atoms with van der Waals surface area (Å²) in [6.45, 7) is 1.79. The number of hydrogen-bond donors (Lipinski definition) is 1. The van der Waals surface area contributed by atoms with Gasteiger partial charge < -0.3 is 5.11 Å². The number of aliphatic carboxylic acids is 1. The smallest absolute Gasteiger partial charge is 0.323 e. The van der Waals surface area contributed by atoms with Crippen molar-refractivity contribution in [1.29, 1.82) is 0 Å². The van der Waals surface area contributed by atoms with Crippen LogP contribution in [0.15, 0.2) is 0 Å². The van der Waals surface area contributed by atoms with Crippen molar-refractivity contribution in [2.75, 3.05) is 0 Å². The van der Waals surface area contributed by atoms with E-state index in [1.807, 2.05) is 0 Å². The molecular weight excluding hydrogens is 163 g/mol. The van der Waals surface area contributed by atoms with E-state index in [2.05, 4.69) is 0 Å². The summed E-state index contributed by atoms with van der Waals surface area (Å²) in [5, 5.41) is 6.84. The van der Waals surface area contributed by atoms with Crippen molar-refractivity contribution in [2.24, 2.45) is 0 Å². The van der Waals surface area contributed by atoms with Gasteiger partial charge in [0.2, 0.25) is 0 Å². The van der Waals surface area contributed by atoms with Gasteiger partial charge in [0.25, 0.3) is 0 Å². The Labute approximate surface area is 63.8 Å². The van der Waals surface area contributed by atoms with E-state index in [4.69, 9.17) is 28.3 Å². The lowest BCUT2D eigenvalue weighted by molar-refractivity contribution is -0.136. The van der Waals surface area contributed by atoms with Gasteiger partial charge >= 0.3 is 5.97 Å². The van der Waals surface area contributed by atoms with Crippen LogP contribution < -0.4 is 0 Å². The lowest BCUT2D eigenvalue weighted by atomic mass is 10.2. The molecule has 0 rings (SSSR count). The first-order valence-electron chi connectivity index (χ1n) is 2.60. The van der Waals surface area contributed by atoms with E-state index in [1.54, 1.807) is 6.92 Å². The van der Waals surface area contributed by atoms with Crippen LogP contribution >= 0.6 is 23.2 Å². The van der Waals surface area contributed by atoms with Gasteiger partial charge in [-0.2, -0.15) is 0 Å². The predicted octanol–water partition coefficient (Wildman–Crippen LogP) is 1.70. The first kappa shape index (κ1) is 9.05. The first-order valence-corrected chi connectivity index (χ1v) is 3.47. The molecule has 0 saturated carbocycles. The summed E-state index contributed by atoms with van der Waals surface area (Å²) in [5.41, 5.74) is 0. The number of rotatable bonds is 3. The fourth-order valence-electron chi connectivity index (χ4n) is 0.362. The lowest BCUT2D eigenvalue weighted by Gasteiger charge is -2.07. The molecule has 0 aliphatic rings. The third-order valence-corrected chi connectivity index (χ3v) is 2.12. The first-order chi connectivity index (χ1) is 4.09. The molecule has 0 spiro atoms. The molecular formula is C5H8Cl2O2. The lowest BCUT2D eigenvalue weighted by Crippen LogP contribution is -2.23. The molecule has 0 heterocycles. The number of carbonyl (C=O) groups is 1. The second-order valence-corrected chi connectivity index (χ2v) is 2.70. The standard InChI is InChI=1S/C5H8Cl2O2/c1-2-3(6)4(7)5(8)9/h3-4H,2H2,1H3,(H,8,9). The van der Waals surface area contributed by atoms with Gasteiger partial charge in [0.1, 0.15) is 5.38 Å². The molecule has 0 aromatic carbocycles. The second-order valence-electron chi connectivity index (χ2n) is 1.66. The van der Waals surface area contributed by atoms with Crippen molar-refractivity contribution in [2.45, 2.75) is 24.1 Å². The molecule has 0 aromatic heterocycles. The second kappa shape index (κ2) is 3.96. The summed E-state index contributed by atoms with van der Waals surface area (Å²) in [4.78, 5) is 10.1. The van der Waals surface area contributed by atoms with Crippen molar-refractivity contribution in [3.63, 3.8) is 0 Å². The van der Waals surface area contributed by atoms with E-state index in [-0.39, 0.29) is 0 Å². The Morgan fingerprint density at radius 2 is 2.11 bits per heavy atom. The van der Waals surface area contributed by atoms with E-state index >= 15 is 0 Å². The van der Waals surface area contributed by atoms with E-state index < -0.39 is 16.7 Å². The zero-order valence-corrected chi connectivity index (χ0v) is 6.49. The van der Waals surface area contributed by atoms with Gasteiger partial charge in [-0.05, 0) is 6.42 Å². The van der Waals surface area contributed by atoms with Crippen molar-refractivity contribution >= 4 is 29.2 Å². The summed E-state index contributed by atoms with van der Waals surface area (Å²) in [6.07, 6.45) is 0.571. The van der Waals surface area contributed by atoms with Crippen molar-refractivity contribution < 1.29 is 9.90 Å². The highest BCUT2D eigenvalue weighted by Crippen LogP contribution is 2.12. The molecule has 0 saturated heterocycles. The van der Waals surface area contributed by atoms with Crippen molar-refractivity contribution in [1.82, 2.24) is 0 Å². The summed E-state index contributed by atoms with van der Waals surface area (Å²) < 4.78 is 0. The van der Waals surface area contributed by atoms with Crippen LogP contribution in [0.25, 0.3) is 0 Å². The molecule has 2 unspecified atom stereocenters. The van der Waals surface area contributed by atoms with Crippen LogP contribution in [0.3, 0.4) is 0 Å². The van der Waals surface area contributed by atoms with Gasteiger partial charge in [-0.3, -0.25) is 4.79 Å². The summed E-state index contributed by atoms with van der Waals surface area (Å²) in [6, 6.07) is 0. The molecule has 0 aliphatic heterocycles. The maximum atomic E-state index is 10.1. The Morgan fingerprint density at radius 1 is 1.67 bits per heavy atom. The van der Waals surface area contributed by atoms with Crippen LogP contribution in [0.1, 0.15) is 13.3 Å². The quantitative estimate of drug-likeness (QED) is 0.656. The van der Waals surface area contributed by atoms with E-state index in [9.17, 15) is 4.79 Å². The molecule has 9 heavy (non-hydrogen) atoms. The fraction of sp³-hybridized carbons (Fsp3) is 0.800. The molecule has 0 aliphatic carbocycles. The molecule has 1 N–H and O–H groups in total. The number of halogens is 2. The molecule has 54 valence electrons. The number of carboxylic acids is 1. The van der Waals surface area contributed by atoms with Gasteiger partial charge in [0.05, 0.1) is 5.38 Å². The normalized spacial score (nSPS) is 16.8. The largest absolute Gasteiger partial charge is 0.480 e. The summed E-state index contributed by atoms with van der Waals surface area (Å²) in [5.74, 6) is -1.06. The van der Waals surface area contributed by atoms with Crippen LogP contribution in [-0.4, -0.2) is 21.8 Å². The summed E-state index contributed by atoms with van der Waals surface area (Å²) >= 11 is 10.8. The van der Waals surface area contributed by atoms with Gasteiger partial charge in [0, 0.05) is 0 Å². The van der Waals surface area contributed by atoms with Crippen LogP contribution in [0.5, 0.6) is 0 Å². The molecule has 4 heteroatoms. The van der Waals surface area contributed by atoms with Crippen LogP contribution in [0.4, 0.5) is 0 Å². The molecule has 0 fully saturated rings. The molecule has 0 radical (unpaired) electrons. The van der Waals surface area contributed by atoms with E-state index in [0.717, 1.165) is 0 Å². The molecule has 0 bridgehead atoms. The molecule has 2 nitrogen and oxygen atoms in total. The number of hydrogen-bond acceptors (Lipinski definition) is 1. The topological polar surface area (TPSA) is 37.3 Å². The Kier molecular flexibility index (Phi) is 3.98. The zero-order valence-electron chi connectivity index (χ0n) is 4.97. The fourth-order valence-corrected chi connectivity index (χ4v) is 0.648. The molecule has 2 atom stereocenters. The Morgan fingerprint density at radius 3 is 2.22 bits per heavy atom. The van der Waals surface area contributed by atoms with Gasteiger partial charge in [0.15, 0.2) is 0 Å². The summed E-state index contributed by atoms with van der Waals surface area (Å²) in [7, 11) is 0. The molecule has 0 amide bonds. The SMILES string of the molecule is CCC(Cl)C(Cl)C(=O)O. The third kappa shape index (κ3) is 2.92. The minimum atomic E-state index is -1.06. The third-order valence-electron chi connectivity index (χ3n) is 0.943. The Balaban J connectivity index is 3.72. The maximum Gasteiger partial charge on any atom is 0.323 e. The van der Waals surface area contributed by atoms with Crippen molar-refractivity contribution in [3.8, 4) is 0 Å². The Bertz CT molecular complexity index is 105. The highest BCUT2D eigenvalue weighted by atomic mass is 35.5. The highest BCUT2D eigenvalue weighted by molar-refractivity contribution is 6.36. The average molecular weight is 171 g/mol. The Hall–Kier alpha value is 0.0500. The number of carboxylic acid groups (broad SMARTS) is 1. The minimum Gasteiger partial charge on any atom is -0.480 e. The van der Waals surface area contributed by atoms with E-state index in [1.165, 1.54) is 0 Å².